The van der Waals surface area contributed by atoms with Crippen molar-refractivity contribution < 1.29 is 4.92 Å². The number of hydrogen-bond acceptors (Lipinski definition) is 5. The van der Waals surface area contributed by atoms with E-state index in [1.807, 2.05) is 12.1 Å². The molecule has 0 amide bonds. The zero-order valence-electron chi connectivity index (χ0n) is 13.6. The van der Waals surface area contributed by atoms with E-state index in [0.29, 0.717) is 6.54 Å². The van der Waals surface area contributed by atoms with Gasteiger partial charge in [0.25, 0.3) is 5.69 Å². The van der Waals surface area contributed by atoms with Crippen LogP contribution in [0.3, 0.4) is 0 Å². The van der Waals surface area contributed by atoms with Crippen LogP contribution >= 0.6 is 0 Å². The van der Waals surface area contributed by atoms with E-state index >= 15 is 0 Å². The van der Waals surface area contributed by atoms with Crippen LogP contribution in [0.4, 0.5) is 11.4 Å². The monoisotopic (exact) mass is 326 g/mol. The molecule has 2 aromatic rings. The lowest BCUT2D eigenvalue weighted by Gasteiger charge is -2.37. The number of nitro benzene ring substituents is 1. The van der Waals surface area contributed by atoms with Crippen LogP contribution in [0.2, 0.25) is 0 Å². The third-order valence-electron chi connectivity index (χ3n) is 4.46. The van der Waals surface area contributed by atoms with E-state index in [9.17, 15) is 10.1 Å². The van der Waals surface area contributed by atoms with Crippen molar-refractivity contribution in [1.29, 1.82) is 0 Å². The van der Waals surface area contributed by atoms with Crippen molar-refractivity contribution in [2.75, 3.05) is 31.1 Å². The quantitative estimate of drug-likeness (QED) is 0.674. The van der Waals surface area contributed by atoms with Crippen molar-refractivity contribution in [3.63, 3.8) is 0 Å². The summed E-state index contributed by atoms with van der Waals surface area (Å²) in [6.07, 6.45) is 0. The maximum absolute atomic E-state index is 10.9. The first-order valence-corrected chi connectivity index (χ1v) is 8.16. The van der Waals surface area contributed by atoms with Crippen LogP contribution < -0.4 is 10.6 Å². The van der Waals surface area contributed by atoms with Gasteiger partial charge in [-0.2, -0.15) is 0 Å². The zero-order chi connectivity index (χ0) is 16.9. The van der Waals surface area contributed by atoms with Crippen molar-refractivity contribution in [3.8, 4) is 0 Å². The van der Waals surface area contributed by atoms with Gasteiger partial charge in [0.2, 0.25) is 0 Å². The number of anilines is 1. The zero-order valence-corrected chi connectivity index (χ0v) is 13.6. The molecule has 2 aromatic carbocycles. The Morgan fingerprint density at radius 1 is 1.04 bits per heavy atom. The van der Waals surface area contributed by atoms with Crippen LogP contribution in [0.15, 0.2) is 48.5 Å². The van der Waals surface area contributed by atoms with Gasteiger partial charge in [0.05, 0.1) is 4.92 Å². The van der Waals surface area contributed by atoms with Gasteiger partial charge in [-0.05, 0) is 17.2 Å². The van der Waals surface area contributed by atoms with Crippen LogP contribution in [0.1, 0.15) is 11.1 Å². The van der Waals surface area contributed by atoms with Crippen LogP contribution in [0, 0.1) is 10.1 Å². The third-order valence-corrected chi connectivity index (χ3v) is 4.46. The van der Waals surface area contributed by atoms with Gasteiger partial charge in [0.1, 0.15) is 0 Å². The highest BCUT2D eigenvalue weighted by Crippen LogP contribution is 2.26. The highest BCUT2D eigenvalue weighted by Gasteiger charge is 2.20. The Kier molecular flexibility index (Phi) is 5.08. The fourth-order valence-electron chi connectivity index (χ4n) is 3.15. The van der Waals surface area contributed by atoms with Crippen LogP contribution in [-0.2, 0) is 13.1 Å². The molecule has 0 saturated carbocycles. The average molecular weight is 326 g/mol. The Morgan fingerprint density at radius 3 is 2.38 bits per heavy atom. The van der Waals surface area contributed by atoms with E-state index in [2.05, 4.69) is 34.1 Å². The molecule has 0 atom stereocenters. The van der Waals surface area contributed by atoms with Crippen molar-refractivity contribution >= 4 is 11.4 Å². The number of hydrogen-bond donors (Lipinski definition) is 1. The minimum Gasteiger partial charge on any atom is -0.369 e. The molecule has 0 radical (unpaired) electrons. The summed E-state index contributed by atoms with van der Waals surface area (Å²) in [7, 11) is 0. The molecule has 0 unspecified atom stereocenters. The van der Waals surface area contributed by atoms with E-state index in [-0.39, 0.29) is 10.6 Å². The Balaban J connectivity index is 1.65. The van der Waals surface area contributed by atoms with Gasteiger partial charge in [-0.1, -0.05) is 30.3 Å². The molecule has 3 rings (SSSR count). The number of nitro groups is 1. The van der Waals surface area contributed by atoms with Crippen molar-refractivity contribution in [2.24, 2.45) is 5.73 Å². The summed E-state index contributed by atoms with van der Waals surface area (Å²) in [6, 6.07) is 15.4. The van der Waals surface area contributed by atoms with E-state index in [0.717, 1.165) is 44.0 Å². The van der Waals surface area contributed by atoms with Crippen LogP contribution in [0.5, 0.6) is 0 Å². The van der Waals surface area contributed by atoms with Crippen molar-refractivity contribution in [2.45, 2.75) is 13.1 Å². The third kappa shape index (κ3) is 3.72. The highest BCUT2D eigenvalue weighted by molar-refractivity contribution is 5.58. The molecule has 1 fully saturated rings. The van der Waals surface area contributed by atoms with Gasteiger partial charge in [0, 0.05) is 57.1 Å². The van der Waals surface area contributed by atoms with Gasteiger partial charge in [-0.3, -0.25) is 15.0 Å². The molecule has 0 bridgehead atoms. The van der Waals surface area contributed by atoms with E-state index in [4.69, 9.17) is 5.73 Å². The first-order valence-electron chi connectivity index (χ1n) is 8.16. The van der Waals surface area contributed by atoms with Crippen LogP contribution in [-0.4, -0.2) is 36.0 Å². The first kappa shape index (κ1) is 16.4. The largest absolute Gasteiger partial charge is 0.369 e. The molecular formula is C18H22N4O2. The van der Waals surface area contributed by atoms with E-state index < -0.39 is 0 Å². The fraction of sp³-hybridized carbons (Fsp3) is 0.333. The summed E-state index contributed by atoms with van der Waals surface area (Å²) in [4.78, 5) is 15.2. The maximum Gasteiger partial charge on any atom is 0.269 e. The first-order chi connectivity index (χ1) is 11.7. The Morgan fingerprint density at radius 2 is 1.75 bits per heavy atom. The number of nitrogens with zero attached hydrogens (tertiary/aromatic N) is 3. The van der Waals surface area contributed by atoms with Gasteiger partial charge in [-0.15, -0.1) is 0 Å². The molecule has 24 heavy (non-hydrogen) atoms. The predicted molar refractivity (Wildman–Crippen MR) is 94.9 cm³/mol. The fourth-order valence-corrected chi connectivity index (χ4v) is 3.15. The van der Waals surface area contributed by atoms with Gasteiger partial charge in [0.15, 0.2) is 0 Å². The summed E-state index contributed by atoms with van der Waals surface area (Å²) in [5, 5.41) is 10.9. The molecule has 1 aliphatic rings. The predicted octanol–water partition coefficient (Wildman–Crippen LogP) is 2.38. The molecule has 0 aliphatic carbocycles. The minimum atomic E-state index is -0.374. The summed E-state index contributed by atoms with van der Waals surface area (Å²) in [5.41, 5.74) is 9.07. The number of non-ortho nitro benzene ring substituents is 1. The van der Waals surface area contributed by atoms with E-state index in [1.54, 1.807) is 12.1 Å². The number of piperazine rings is 1. The van der Waals surface area contributed by atoms with Gasteiger partial charge in [-0.25, -0.2) is 0 Å². The van der Waals surface area contributed by atoms with Gasteiger partial charge < -0.3 is 10.6 Å². The number of nitrogens with two attached hydrogens (primary N) is 1. The molecule has 6 heteroatoms. The molecule has 6 nitrogen and oxygen atoms in total. The summed E-state index contributed by atoms with van der Waals surface area (Å²) in [5.74, 6) is 0. The molecule has 0 aromatic heterocycles. The molecule has 1 aliphatic heterocycles. The summed E-state index contributed by atoms with van der Waals surface area (Å²) < 4.78 is 0. The topological polar surface area (TPSA) is 75.6 Å². The molecule has 0 spiro atoms. The maximum atomic E-state index is 10.9. The molecule has 2 N–H and O–H groups in total. The SMILES string of the molecule is NCc1cc([N+](=O)[O-])ccc1N1CCN(Cc2ccccc2)CC1. The lowest BCUT2D eigenvalue weighted by molar-refractivity contribution is -0.384. The second kappa shape index (κ2) is 7.42. The second-order valence-electron chi connectivity index (χ2n) is 6.02. The Bertz CT molecular complexity index is 697. The van der Waals surface area contributed by atoms with Crippen molar-refractivity contribution in [3.05, 3.63) is 69.8 Å². The molecule has 1 heterocycles. The summed E-state index contributed by atoms with van der Waals surface area (Å²) >= 11 is 0. The highest BCUT2D eigenvalue weighted by atomic mass is 16.6. The lowest BCUT2D eigenvalue weighted by atomic mass is 10.1. The normalized spacial score (nSPS) is 15.5. The smallest absolute Gasteiger partial charge is 0.269 e. The number of benzene rings is 2. The Labute approximate surface area is 141 Å². The molecule has 1 saturated heterocycles. The van der Waals surface area contributed by atoms with Crippen LogP contribution in [0.25, 0.3) is 0 Å². The Hall–Kier alpha value is -2.44. The number of rotatable bonds is 5. The second-order valence-corrected chi connectivity index (χ2v) is 6.02. The lowest BCUT2D eigenvalue weighted by Crippen LogP contribution is -2.46. The van der Waals surface area contributed by atoms with Crippen molar-refractivity contribution in [1.82, 2.24) is 4.90 Å². The minimum absolute atomic E-state index is 0.0990. The summed E-state index contributed by atoms with van der Waals surface area (Å²) in [6.45, 7) is 5.00. The molecule has 126 valence electrons. The van der Waals surface area contributed by atoms with Gasteiger partial charge >= 0.3 is 0 Å². The standard InChI is InChI=1S/C18H22N4O2/c19-13-16-12-17(22(23)24)6-7-18(16)21-10-8-20(9-11-21)14-15-4-2-1-3-5-15/h1-7,12H,8-11,13-14,19H2. The average Bonchev–Trinajstić information content (AvgIpc) is 2.62. The van der Waals surface area contributed by atoms with E-state index in [1.165, 1.54) is 5.56 Å². The molecular weight excluding hydrogens is 304 g/mol.